The van der Waals surface area contributed by atoms with Gasteiger partial charge in [0.25, 0.3) is 15.6 Å². The van der Waals surface area contributed by atoms with E-state index in [4.69, 9.17) is 4.74 Å². The molecular formula is C22H25N5O7S3. The molecule has 0 atom stereocenters. The van der Waals surface area contributed by atoms with Crippen LogP contribution in [0.15, 0.2) is 49.8 Å². The third kappa shape index (κ3) is 5.69. The zero-order valence-electron chi connectivity index (χ0n) is 20.3. The molecule has 0 aliphatic carbocycles. The van der Waals surface area contributed by atoms with Crippen molar-refractivity contribution in [3.05, 3.63) is 51.6 Å². The minimum Gasteiger partial charge on any atom is -0.505 e. The second-order valence-electron chi connectivity index (χ2n) is 8.92. The number of sulfonamides is 2. The first-order valence-corrected chi connectivity index (χ1v) is 15.1. The van der Waals surface area contributed by atoms with Gasteiger partial charge in [-0.05, 0) is 49.9 Å². The van der Waals surface area contributed by atoms with Gasteiger partial charge in [0.05, 0.1) is 22.4 Å². The fourth-order valence-corrected chi connectivity index (χ4v) is 5.94. The van der Waals surface area contributed by atoms with Gasteiger partial charge in [-0.2, -0.15) is 13.5 Å². The van der Waals surface area contributed by atoms with Crippen LogP contribution < -0.4 is 15.6 Å². The molecule has 3 aromatic rings. The van der Waals surface area contributed by atoms with E-state index in [0.717, 1.165) is 17.0 Å². The highest BCUT2D eigenvalue weighted by atomic mass is 32.2. The highest BCUT2D eigenvalue weighted by Crippen LogP contribution is 2.35. The third-order valence-electron chi connectivity index (χ3n) is 5.63. The molecule has 4 rings (SSSR count). The molecule has 198 valence electrons. The zero-order valence-corrected chi connectivity index (χ0v) is 22.8. The summed E-state index contributed by atoms with van der Waals surface area (Å²) in [6.45, 7) is 3.83. The largest absolute Gasteiger partial charge is 0.505 e. The SMILES string of the molecule is COC(C)(C)CCn1nc(-c2cccs2)c(O)c(C2=NS(=O)(=O)c3cc(NS(C)(=O)=O)ccc3N2)c1=O. The number of nitrogens with zero attached hydrogens (tertiary/aromatic N) is 3. The smallest absolute Gasteiger partial charge is 0.286 e. The van der Waals surface area contributed by atoms with Crippen molar-refractivity contribution in [3.63, 3.8) is 0 Å². The van der Waals surface area contributed by atoms with E-state index in [1.54, 1.807) is 24.6 Å². The van der Waals surface area contributed by atoms with E-state index in [1.807, 2.05) is 13.8 Å². The number of aromatic nitrogens is 2. The molecule has 3 heterocycles. The molecule has 1 aliphatic heterocycles. The Labute approximate surface area is 217 Å². The van der Waals surface area contributed by atoms with E-state index in [9.17, 15) is 26.7 Å². The molecule has 0 fully saturated rings. The molecule has 0 radical (unpaired) electrons. The Morgan fingerprint density at radius 2 is 2.00 bits per heavy atom. The van der Waals surface area contributed by atoms with E-state index in [0.29, 0.717) is 11.3 Å². The molecule has 0 spiro atoms. The number of ether oxygens (including phenoxy) is 1. The van der Waals surface area contributed by atoms with Gasteiger partial charge in [0.1, 0.15) is 16.2 Å². The summed E-state index contributed by atoms with van der Waals surface area (Å²) in [6, 6.07) is 7.28. The highest BCUT2D eigenvalue weighted by Gasteiger charge is 2.31. The lowest BCUT2D eigenvalue weighted by Gasteiger charge is -2.24. The molecular weight excluding hydrogens is 542 g/mol. The Hall–Kier alpha value is -3.27. The van der Waals surface area contributed by atoms with Crippen LogP contribution in [-0.2, 0) is 31.3 Å². The zero-order chi connectivity index (χ0) is 27.2. The molecule has 0 saturated heterocycles. The van der Waals surface area contributed by atoms with E-state index >= 15 is 0 Å². The molecule has 37 heavy (non-hydrogen) atoms. The van der Waals surface area contributed by atoms with Crippen molar-refractivity contribution < 1.29 is 26.7 Å². The number of aryl methyl sites for hydroxylation is 1. The fraction of sp³-hybridized carbons (Fsp3) is 0.318. The average Bonchev–Trinajstić information content (AvgIpc) is 3.32. The first kappa shape index (κ1) is 26.8. The Kier molecular flexibility index (Phi) is 6.92. The van der Waals surface area contributed by atoms with Gasteiger partial charge in [0, 0.05) is 19.3 Å². The summed E-state index contributed by atoms with van der Waals surface area (Å²) >= 11 is 1.29. The Bertz CT molecular complexity index is 1660. The van der Waals surface area contributed by atoms with Gasteiger partial charge in [-0.1, -0.05) is 6.07 Å². The predicted octanol–water partition coefficient (Wildman–Crippen LogP) is 2.42. The summed E-state index contributed by atoms with van der Waals surface area (Å²) in [5, 5.41) is 20.0. The number of fused-ring (bicyclic) bond motifs is 1. The molecule has 1 aromatic carbocycles. The number of rotatable bonds is 8. The maximum absolute atomic E-state index is 13.5. The van der Waals surface area contributed by atoms with E-state index in [2.05, 4.69) is 19.5 Å². The van der Waals surface area contributed by atoms with E-state index in [1.165, 1.54) is 23.5 Å². The number of aromatic hydroxyl groups is 1. The molecule has 15 heteroatoms. The van der Waals surface area contributed by atoms with Gasteiger partial charge < -0.3 is 15.2 Å². The van der Waals surface area contributed by atoms with Gasteiger partial charge in [-0.25, -0.2) is 13.1 Å². The molecule has 2 aromatic heterocycles. The van der Waals surface area contributed by atoms with Crippen molar-refractivity contribution in [2.75, 3.05) is 23.4 Å². The standard InChI is InChI=1S/C22H25N5O7S3/c1-22(2,34-3)9-10-27-21(29)17(19(28)18(24-27)15-6-5-11-35-15)20-23-14-8-7-13(25-36(4,30)31)12-16(14)37(32,33)26-20/h5-8,11-12,25,28H,9-10H2,1-4H3,(H,23,26). The first-order valence-electron chi connectivity index (χ1n) is 10.9. The summed E-state index contributed by atoms with van der Waals surface area (Å²) in [5.74, 6) is -0.895. The topological polar surface area (TPSA) is 169 Å². The summed E-state index contributed by atoms with van der Waals surface area (Å²) < 4.78 is 61.8. The van der Waals surface area contributed by atoms with Crippen molar-refractivity contribution in [1.29, 1.82) is 0 Å². The van der Waals surface area contributed by atoms with Gasteiger partial charge >= 0.3 is 0 Å². The summed E-state index contributed by atoms with van der Waals surface area (Å²) in [7, 11) is -6.47. The van der Waals surface area contributed by atoms with Gasteiger partial charge in [-0.15, -0.1) is 15.7 Å². The molecule has 0 bridgehead atoms. The second kappa shape index (κ2) is 9.55. The molecule has 12 nitrogen and oxygen atoms in total. The van der Waals surface area contributed by atoms with Crippen LogP contribution >= 0.6 is 11.3 Å². The number of thiophene rings is 1. The van der Waals surface area contributed by atoms with Crippen molar-refractivity contribution in [3.8, 4) is 16.3 Å². The number of amidine groups is 1. The Balaban J connectivity index is 1.86. The number of benzene rings is 1. The van der Waals surface area contributed by atoms with E-state index < -0.39 is 37.0 Å². The number of anilines is 2. The van der Waals surface area contributed by atoms with Crippen LogP contribution in [-0.4, -0.2) is 56.5 Å². The van der Waals surface area contributed by atoms with Gasteiger partial charge in [0.2, 0.25) is 10.0 Å². The maximum atomic E-state index is 13.5. The predicted molar refractivity (Wildman–Crippen MR) is 141 cm³/mol. The summed E-state index contributed by atoms with van der Waals surface area (Å²) in [5.41, 5.74) is -1.49. The number of hydrogen-bond donors (Lipinski definition) is 3. The fourth-order valence-electron chi connectivity index (χ4n) is 3.53. The number of methoxy groups -OCH3 is 1. The van der Waals surface area contributed by atoms with Crippen LogP contribution in [0.3, 0.4) is 0 Å². The third-order valence-corrected chi connectivity index (χ3v) is 8.43. The minimum atomic E-state index is -4.38. The second-order valence-corrected chi connectivity index (χ2v) is 13.2. The van der Waals surface area contributed by atoms with Crippen LogP contribution in [0.5, 0.6) is 5.75 Å². The van der Waals surface area contributed by atoms with Gasteiger partial charge in [0.15, 0.2) is 11.6 Å². The van der Waals surface area contributed by atoms with Crippen molar-refractivity contribution >= 4 is 48.6 Å². The van der Waals surface area contributed by atoms with Crippen LogP contribution in [0, 0.1) is 0 Å². The summed E-state index contributed by atoms with van der Waals surface area (Å²) in [4.78, 5) is 13.7. The van der Waals surface area contributed by atoms with Crippen LogP contribution in [0.25, 0.3) is 10.6 Å². The Morgan fingerprint density at radius 3 is 2.62 bits per heavy atom. The van der Waals surface area contributed by atoms with E-state index in [-0.39, 0.29) is 39.9 Å². The van der Waals surface area contributed by atoms with Crippen LogP contribution in [0.4, 0.5) is 11.4 Å². The quantitative estimate of drug-likeness (QED) is 0.370. The normalized spacial score (nSPS) is 15.0. The van der Waals surface area contributed by atoms with Crippen molar-refractivity contribution in [2.24, 2.45) is 4.40 Å². The molecule has 0 unspecified atom stereocenters. The molecule has 0 saturated carbocycles. The van der Waals surface area contributed by atoms with Crippen molar-refractivity contribution in [1.82, 2.24) is 9.78 Å². The minimum absolute atomic E-state index is 0.0279. The molecule has 0 amide bonds. The van der Waals surface area contributed by atoms with Crippen LogP contribution in [0.1, 0.15) is 25.8 Å². The summed E-state index contributed by atoms with van der Waals surface area (Å²) in [6.07, 6.45) is 1.34. The average molecular weight is 568 g/mol. The first-order chi connectivity index (χ1) is 17.2. The van der Waals surface area contributed by atoms with Crippen LogP contribution in [0.2, 0.25) is 0 Å². The molecule has 3 N–H and O–H groups in total. The number of hydrogen-bond acceptors (Lipinski definition) is 10. The lowest BCUT2D eigenvalue weighted by molar-refractivity contribution is 0.0110. The Morgan fingerprint density at radius 1 is 1.27 bits per heavy atom. The van der Waals surface area contributed by atoms with Gasteiger partial charge in [-0.3, -0.25) is 9.52 Å². The maximum Gasteiger partial charge on any atom is 0.286 e. The lowest BCUT2D eigenvalue weighted by Crippen LogP contribution is -2.35. The lowest BCUT2D eigenvalue weighted by atomic mass is 10.1. The molecule has 1 aliphatic rings. The number of nitrogens with one attached hydrogen (secondary N) is 2. The monoisotopic (exact) mass is 567 g/mol. The van der Waals surface area contributed by atoms with Crippen molar-refractivity contribution in [2.45, 2.75) is 37.3 Å². The highest BCUT2D eigenvalue weighted by molar-refractivity contribution is 7.92.